The molecule has 0 spiro atoms. The summed E-state index contributed by atoms with van der Waals surface area (Å²) in [6, 6.07) is 9.12. The Hall–Kier alpha value is -2.56. The van der Waals surface area contributed by atoms with Crippen LogP contribution < -0.4 is 4.90 Å². The maximum absolute atomic E-state index is 11.2. The van der Waals surface area contributed by atoms with Crippen molar-refractivity contribution in [2.75, 3.05) is 18.0 Å². The highest BCUT2D eigenvalue weighted by Crippen LogP contribution is 2.46. The second-order valence-corrected chi connectivity index (χ2v) is 5.70. The van der Waals surface area contributed by atoms with Crippen molar-refractivity contribution < 1.29 is 9.52 Å². The predicted molar refractivity (Wildman–Crippen MR) is 86.9 cm³/mol. The molecule has 2 heterocycles. The van der Waals surface area contributed by atoms with Gasteiger partial charge in [0.05, 0.1) is 11.1 Å². The molecule has 0 saturated carbocycles. The molecule has 0 atom stereocenters. The Kier molecular flexibility index (Phi) is 2.99. The Morgan fingerprint density at radius 1 is 1.14 bits per heavy atom. The molecule has 0 amide bonds. The van der Waals surface area contributed by atoms with Crippen molar-refractivity contribution in [3.8, 4) is 5.75 Å². The number of phenolic OH excluding ortho intramolecular Hbond substituents is 1. The monoisotopic (exact) mass is 296 g/mol. The Morgan fingerprint density at radius 3 is 2.68 bits per heavy atom. The Labute approximate surface area is 127 Å². The number of para-hydroxylation sites is 1. The van der Waals surface area contributed by atoms with E-state index in [1.165, 1.54) is 6.42 Å². The number of hydrogen-bond acceptors (Lipinski definition) is 5. The van der Waals surface area contributed by atoms with E-state index in [2.05, 4.69) is 10.1 Å². The summed E-state index contributed by atoms with van der Waals surface area (Å²) in [7, 11) is 0. The molecule has 1 saturated heterocycles. The van der Waals surface area contributed by atoms with Gasteiger partial charge in [0, 0.05) is 24.5 Å². The van der Waals surface area contributed by atoms with Crippen LogP contribution in [0.5, 0.6) is 5.75 Å². The van der Waals surface area contributed by atoms with Crippen LogP contribution in [0.4, 0.5) is 11.4 Å². The quantitative estimate of drug-likeness (QED) is 0.697. The van der Waals surface area contributed by atoms with Gasteiger partial charge in [-0.05, 0) is 30.5 Å². The SMILES string of the molecule is O=Nc1c(O)cc(N2CCCCC2)c2oc3ccccc3c12. The lowest BCUT2D eigenvalue weighted by molar-refractivity contribution is 0.476. The molecule has 1 aliphatic heterocycles. The highest BCUT2D eigenvalue weighted by Gasteiger charge is 2.23. The van der Waals surface area contributed by atoms with Crippen molar-refractivity contribution in [2.24, 2.45) is 5.18 Å². The van der Waals surface area contributed by atoms with Crippen LogP contribution in [0.2, 0.25) is 0 Å². The van der Waals surface area contributed by atoms with Crippen molar-refractivity contribution in [3.63, 3.8) is 0 Å². The summed E-state index contributed by atoms with van der Waals surface area (Å²) in [4.78, 5) is 13.4. The van der Waals surface area contributed by atoms with Crippen molar-refractivity contribution in [1.29, 1.82) is 0 Å². The summed E-state index contributed by atoms with van der Waals surface area (Å²) in [6.07, 6.45) is 3.46. The number of hydrogen-bond donors (Lipinski definition) is 1. The average molecular weight is 296 g/mol. The third-order valence-electron chi connectivity index (χ3n) is 4.37. The normalized spacial score (nSPS) is 15.5. The molecular weight excluding hydrogens is 280 g/mol. The number of nitroso groups, excluding NO2 is 1. The van der Waals surface area contributed by atoms with E-state index in [-0.39, 0.29) is 11.4 Å². The number of rotatable bonds is 2. The molecule has 5 heteroatoms. The molecule has 1 fully saturated rings. The van der Waals surface area contributed by atoms with E-state index >= 15 is 0 Å². The lowest BCUT2D eigenvalue weighted by atomic mass is 10.1. The molecule has 2 aromatic carbocycles. The Bertz CT molecular complexity index is 863. The van der Waals surface area contributed by atoms with Gasteiger partial charge in [0.15, 0.2) is 11.3 Å². The van der Waals surface area contributed by atoms with Crippen LogP contribution in [0.15, 0.2) is 39.9 Å². The van der Waals surface area contributed by atoms with Crippen LogP contribution >= 0.6 is 0 Å². The third kappa shape index (κ3) is 1.85. The molecule has 4 rings (SSSR count). The van der Waals surface area contributed by atoms with Gasteiger partial charge in [0.25, 0.3) is 0 Å². The summed E-state index contributed by atoms with van der Waals surface area (Å²) in [6.45, 7) is 1.86. The van der Waals surface area contributed by atoms with Gasteiger partial charge in [-0.15, -0.1) is 4.91 Å². The maximum Gasteiger partial charge on any atom is 0.161 e. The largest absolute Gasteiger partial charge is 0.505 e. The third-order valence-corrected chi connectivity index (χ3v) is 4.37. The molecule has 1 aliphatic rings. The van der Waals surface area contributed by atoms with E-state index in [1.807, 2.05) is 24.3 Å². The van der Waals surface area contributed by atoms with E-state index in [4.69, 9.17) is 4.42 Å². The number of anilines is 1. The number of piperidine rings is 1. The van der Waals surface area contributed by atoms with Gasteiger partial charge in [0.2, 0.25) is 0 Å². The fraction of sp³-hybridized carbons (Fsp3) is 0.294. The Balaban J connectivity index is 2.07. The highest BCUT2D eigenvalue weighted by atomic mass is 16.3. The first-order valence-electron chi connectivity index (χ1n) is 7.55. The van der Waals surface area contributed by atoms with E-state index in [9.17, 15) is 10.0 Å². The van der Waals surface area contributed by atoms with Crippen LogP contribution in [-0.2, 0) is 0 Å². The van der Waals surface area contributed by atoms with Crippen LogP contribution in [0, 0.1) is 4.91 Å². The first-order valence-corrected chi connectivity index (χ1v) is 7.55. The molecular formula is C17H16N2O3. The smallest absolute Gasteiger partial charge is 0.161 e. The molecule has 5 nitrogen and oxygen atoms in total. The number of fused-ring (bicyclic) bond motifs is 3. The maximum atomic E-state index is 11.2. The fourth-order valence-corrected chi connectivity index (χ4v) is 3.31. The number of phenols is 1. The van der Waals surface area contributed by atoms with Gasteiger partial charge in [-0.25, -0.2) is 0 Å². The average Bonchev–Trinajstić information content (AvgIpc) is 2.94. The molecule has 0 radical (unpaired) electrons. The van der Waals surface area contributed by atoms with Crippen LogP contribution in [0.25, 0.3) is 21.9 Å². The van der Waals surface area contributed by atoms with Crippen molar-refractivity contribution in [3.05, 3.63) is 35.2 Å². The fourth-order valence-electron chi connectivity index (χ4n) is 3.31. The van der Waals surface area contributed by atoms with Crippen LogP contribution in [0.3, 0.4) is 0 Å². The molecule has 0 bridgehead atoms. The molecule has 1 N–H and O–H groups in total. The second kappa shape index (κ2) is 5.02. The predicted octanol–water partition coefficient (Wildman–Crippen LogP) is 4.68. The standard InChI is InChI=1S/C17H16N2O3/c20-13-10-12(19-8-4-1-5-9-19)17-15(16(13)18-21)11-6-2-3-7-14(11)22-17/h2-3,6-7,10,20H,1,4-5,8-9H2. The summed E-state index contributed by atoms with van der Waals surface area (Å²) in [5.41, 5.74) is 2.23. The van der Waals surface area contributed by atoms with Crippen molar-refractivity contribution in [1.82, 2.24) is 0 Å². The van der Waals surface area contributed by atoms with E-state index in [0.29, 0.717) is 16.6 Å². The summed E-state index contributed by atoms with van der Waals surface area (Å²) < 4.78 is 5.98. The zero-order chi connectivity index (χ0) is 15.1. The van der Waals surface area contributed by atoms with Gasteiger partial charge in [-0.3, -0.25) is 0 Å². The topological polar surface area (TPSA) is 66.0 Å². The minimum atomic E-state index is -0.0883. The first-order chi connectivity index (χ1) is 10.8. The second-order valence-electron chi connectivity index (χ2n) is 5.70. The number of nitrogens with zero attached hydrogens (tertiary/aromatic N) is 2. The molecule has 1 aromatic heterocycles. The molecule has 0 aliphatic carbocycles. The zero-order valence-corrected chi connectivity index (χ0v) is 12.1. The molecule has 3 aromatic rings. The van der Waals surface area contributed by atoms with Gasteiger partial charge >= 0.3 is 0 Å². The minimum Gasteiger partial charge on any atom is -0.505 e. The minimum absolute atomic E-state index is 0.0562. The van der Waals surface area contributed by atoms with Gasteiger partial charge in [0.1, 0.15) is 11.3 Å². The van der Waals surface area contributed by atoms with Crippen molar-refractivity contribution in [2.45, 2.75) is 19.3 Å². The molecule has 0 unspecified atom stereocenters. The lowest BCUT2D eigenvalue weighted by Crippen LogP contribution is -2.29. The highest BCUT2D eigenvalue weighted by molar-refractivity contribution is 6.15. The number of benzene rings is 2. The lowest BCUT2D eigenvalue weighted by Gasteiger charge is -2.28. The van der Waals surface area contributed by atoms with Crippen LogP contribution in [0.1, 0.15) is 19.3 Å². The zero-order valence-electron chi connectivity index (χ0n) is 12.1. The van der Waals surface area contributed by atoms with Gasteiger partial charge < -0.3 is 14.4 Å². The first kappa shape index (κ1) is 13.1. The van der Waals surface area contributed by atoms with Crippen LogP contribution in [-0.4, -0.2) is 18.2 Å². The van der Waals surface area contributed by atoms with E-state index in [1.54, 1.807) is 6.07 Å². The number of furan rings is 1. The Morgan fingerprint density at radius 2 is 1.91 bits per heavy atom. The van der Waals surface area contributed by atoms with E-state index in [0.717, 1.165) is 37.0 Å². The summed E-state index contributed by atoms with van der Waals surface area (Å²) in [5.74, 6) is -0.0883. The molecule has 112 valence electrons. The molecule has 22 heavy (non-hydrogen) atoms. The summed E-state index contributed by atoms with van der Waals surface area (Å²) >= 11 is 0. The van der Waals surface area contributed by atoms with Gasteiger partial charge in [-0.1, -0.05) is 18.2 Å². The van der Waals surface area contributed by atoms with Gasteiger partial charge in [-0.2, -0.15) is 0 Å². The summed E-state index contributed by atoms with van der Waals surface area (Å²) in [5, 5.41) is 14.7. The number of aromatic hydroxyl groups is 1. The van der Waals surface area contributed by atoms with E-state index < -0.39 is 0 Å². The van der Waals surface area contributed by atoms with Crippen molar-refractivity contribution >= 4 is 33.3 Å².